The molecule has 1 rings (SSSR count). The molecule has 0 spiro atoms. The molecule has 0 saturated carbocycles. The Balaban J connectivity index is 2.65. The van der Waals surface area contributed by atoms with Gasteiger partial charge in [0, 0.05) is 50.9 Å². The Morgan fingerprint density at radius 1 is 0.629 bits per heavy atom. The van der Waals surface area contributed by atoms with Crippen molar-refractivity contribution >= 4 is 87.1 Å². The molecule has 11 N–H and O–H groups in total. The SMILES string of the molecule is CC(=O)OCCSSC[C@H](NC(=O)[C@H](CC(=O)O)CC(=O)[C@H](CC(=O)O)NC(=O)Cc1ccc(CNC(=O)NCCCC[C@H](NC(=O)NCCCC(=O)O)C(=O)O)cc1)C(=O)O. The summed E-state index contributed by atoms with van der Waals surface area (Å²) in [5, 5.41) is 60.8. The maximum atomic E-state index is 13.2. The molecular weight excluding hydrogens is 865 g/mol. The van der Waals surface area contributed by atoms with Gasteiger partial charge in [-0.05, 0) is 36.8 Å². The fraction of sp³-hybridized carbons (Fsp3) is 0.541. The van der Waals surface area contributed by atoms with Crippen LogP contribution in [0.3, 0.4) is 0 Å². The second-order valence-corrected chi connectivity index (χ2v) is 16.0. The van der Waals surface area contributed by atoms with Crippen LogP contribution in [-0.2, 0) is 60.9 Å². The topological polar surface area (TPSA) is 370 Å². The van der Waals surface area contributed by atoms with Crippen molar-refractivity contribution in [2.24, 2.45) is 5.92 Å². The number of aliphatic carboxylic acids is 5. The summed E-state index contributed by atoms with van der Waals surface area (Å²) in [6.07, 6.45) is -2.09. The number of hydrogen-bond donors (Lipinski definition) is 11. The highest BCUT2D eigenvalue weighted by Crippen LogP contribution is 2.22. The lowest BCUT2D eigenvalue weighted by Gasteiger charge is -2.21. The van der Waals surface area contributed by atoms with Crippen LogP contribution in [0.5, 0.6) is 0 Å². The van der Waals surface area contributed by atoms with Crippen LogP contribution in [0.4, 0.5) is 9.59 Å². The molecule has 0 bridgehead atoms. The lowest BCUT2D eigenvalue weighted by molar-refractivity contribution is -0.145. The monoisotopic (exact) mass is 916 g/mol. The van der Waals surface area contributed by atoms with Gasteiger partial charge in [-0.2, -0.15) is 0 Å². The van der Waals surface area contributed by atoms with E-state index in [1.165, 1.54) is 6.92 Å². The average Bonchev–Trinajstić information content (AvgIpc) is 3.18. The first-order chi connectivity index (χ1) is 29.3. The zero-order valence-corrected chi connectivity index (χ0v) is 35.3. The molecular formula is C37H52N6O17S2. The molecule has 0 aromatic heterocycles. The van der Waals surface area contributed by atoms with E-state index in [1.54, 1.807) is 24.3 Å². The number of carboxylic acids is 5. The van der Waals surface area contributed by atoms with Gasteiger partial charge in [-0.1, -0.05) is 45.9 Å². The van der Waals surface area contributed by atoms with Crippen LogP contribution in [0.15, 0.2) is 24.3 Å². The highest BCUT2D eigenvalue weighted by Gasteiger charge is 2.32. The summed E-state index contributed by atoms with van der Waals surface area (Å²) in [7, 11) is 2.20. The van der Waals surface area contributed by atoms with Crippen molar-refractivity contribution < 1.29 is 83.0 Å². The molecule has 25 heteroatoms. The molecule has 0 radical (unpaired) electrons. The van der Waals surface area contributed by atoms with Crippen LogP contribution in [0.2, 0.25) is 0 Å². The Hall–Kier alpha value is -6.11. The molecule has 6 amide bonds. The van der Waals surface area contributed by atoms with Crippen molar-refractivity contribution in [2.75, 3.05) is 31.2 Å². The second kappa shape index (κ2) is 30.0. The van der Waals surface area contributed by atoms with E-state index in [1.807, 2.05) is 0 Å². The molecule has 62 heavy (non-hydrogen) atoms. The van der Waals surface area contributed by atoms with Gasteiger partial charge in [0.05, 0.1) is 31.2 Å². The minimum atomic E-state index is -1.66. The quantitative estimate of drug-likeness (QED) is 0.0264. The number of ether oxygens (including phenoxy) is 1. The fourth-order valence-electron chi connectivity index (χ4n) is 5.17. The van der Waals surface area contributed by atoms with Gasteiger partial charge in [0.15, 0.2) is 5.78 Å². The Morgan fingerprint density at radius 2 is 1.24 bits per heavy atom. The number of carboxylic acid groups (broad SMARTS) is 5. The average molecular weight is 917 g/mol. The number of carbonyl (C=O) groups is 11. The molecule has 23 nitrogen and oxygen atoms in total. The highest BCUT2D eigenvalue weighted by atomic mass is 33.1. The van der Waals surface area contributed by atoms with E-state index in [0.29, 0.717) is 29.7 Å². The Morgan fingerprint density at radius 3 is 1.84 bits per heavy atom. The van der Waals surface area contributed by atoms with E-state index in [4.69, 9.17) is 9.84 Å². The minimum absolute atomic E-state index is 0.0586. The molecule has 0 unspecified atom stereocenters. The van der Waals surface area contributed by atoms with Crippen LogP contribution in [-0.4, -0.2) is 140 Å². The van der Waals surface area contributed by atoms with Gasteiger partial charge in [-0.15, -0.1) is 0 Å². The van der Waals surface area contributed by atoms with Gasteiger partial charge >= 0.3 is 47.9 Å². The molecule has 344 valence electrons. The van der Waals surface area contributed by atoms with Gasteiger partial charge in [0.25, 0.3) is 0 Å². The van der Waals surface area contributed by atoms with Crippen molar-refractivity contribution in [3.05, 3.63) is 35.4 Å². The molecule has 1 aromatic rings. The van der Waals surface area contributed by atoms with Gasteiger partial charge in [0.1, 0.15) is 18.7 Å². The molecule has 0 aliphatic heterocycles. The third-order valence-corrected chi connectivity index (χ3v) is 10.6. The lowest BCUT2D eigenvalue weighted by atomic mass is 9.93. The van der Waals surface area contributed by atoms with Crippen molar-refractivity contribution in [3.63, 3.8) is 0 Å². The lowest BCUT2D eigenvalue weighted by Crippen LogP contribution is -2.48. The number of ketones is 1. The number of unbranched alkanes of at least 4 members (excludes halogenated alkanes) is 1. The Kier molecular flexibility index (Phi) is 26.1. The van der Waals surface area contributed by atoms with Crippen LogP contribution < -0.4 is 31.9 Å². The van der Waals surface area contributed by atoms with E-state index in [0.717, 1.165) is 21.6 Å². The number of benzene rings is 1. The zero-order chi connectivity index (χ0) is 46.6. The fourth-order valence-corrected chi connectivity index (χ4v) is 7.15. The van der Waals surface area contributed by atoms with Crippen molar-refractivity contribution in [1.29, 1.82) is 0 Å². The third kappa shape index (κ3) is 25.5. The largest absolute Gasteiger partial charge is 0.481 e. The first kappa shape index (κ1) is 53.9. The molecule has 0 saturated heterocycles. The molecule has 4 atom stereocenters. The Labute approximate surface area is 363 Å². The smallest absolute Gasteiger partial charge is 0.327 e. The van der Waals surface area contributed by atoms with E-state index >= 15 is 0 Å². The number of urea groups is 2. The van der Waals surface area contributed by atoms with Gasteiger partial charge in [-0.25, -0.2) is 19.2 Å². The van der Waals surface area contributed by atoms with E-state index in [9.17, 15) is 73.2 Å². The first-order valence-corrected chi connectivity index (χ1v) is 21.5. The summed E-state index contributed by atoms with van der Waals surface area (Å²) in [5.41, 5.74) is 1.07. The number of esters is 1. The number of Topliss-reactive ketones (excluding diaryl/α,β-unsaturated/α-hetero) is 1. The molecule has 0 aliphatic carbocycles. The van der Waals surface area contributed by atoms with Gasteiger partial charge in [0.2, 0.25) is 11.8 Å². The second-order valence-electron chi connectivity index (χ2n) is 13.4. The summed E-state index contributed by atoms with van der Waals surface area (Å²) in [6, 6.07) is 0.697. The third-order valence-electron chi connectivity index (χ3n) is 8.25. The number of nitrogens with one attached hydrogen (secondary N) is 6. The molecule has 0 heterocycles. The number of amides is 6. The van der Waals surface area contributed by atoms with E-state index in [2.05, 4.69) is 31.9 Å². The summed E-state index contributed by atoms with van der Waals surface area (Å²) >= 11 is 0. The predicted octanol–water partition coefficient (Wildman–Crippen LogP) is 0.339. The van der Waals surface area contributed by atoms with E-state index in [-0.39, 0.29) is 57.7 Å². The number of carbonyl (C=O) groups excluding carboxylic acids is 6. The summed E-state index contributed by atoms with van der Waals surface area (Å²) in [4.78, 5) is 131. The first-order valence-electron chi connectivity index (χ1n) is 19.0. The van der Waals surface area contributed by atoms with Gasteiger partial charge in [-0.3, -0.25) is 33.6 Å². The van der Waals surface area contributed by atoms with Gasteiger partial charge < -0.3 is 62.2 Å². The maximum Gasteiger partial charge on any atom is 0.327 e. The normalized spacial score (nSPS) is 12.5. The van der Waals surface area contributed by atoms with Crippen LogP contribution in [0.1, 0.15) is 69.4 Å². The number of hydrogen-bond acceptors (Lipinski definition) is 14. The Bertz CT molecular complexity index is 1730. The summed E-state index contributed by atoms with van der Waals surface area (Å²) in [6.45, 7) is 1.62. The number of rotatable bonds is 32. The standard InChI is InChI=1S/C37H52N6O17S2/c1-21(44)60-13-14-61-62-20-27(35(56)57)42-33(53)24(17-31(49)50)16-28(45)26(18-32(51)52)41-29(46)15-22-7-9-23(10-8-22)19-40-36(58)38-11-3-2-5-25(34(54)55)43-37(59)39-12-4-6-30(47)48/h7-10,24-27H,2-6,11-20H2,1H3,(H,41,46)(H,42,53)(H,47,48)(H,49,50)(H,51,52)(H,54,55)(H,56,57)(H2,38,40,58)(H2,39,43,59)/t24-,25-,26-,27-/m0/s1. The zero-order valence-electron chi connectivity index (χ0n) is 33.7. The maximum absolute atomic E-state index is 13.2. The molecule has 1 aromatic carbocycles. The van der Waals surface area contributed by atoms with Crippen molar-refractivity contribution in [1.82, 2.24) is 31.9 Å². The summed E-state index contributed by atoms with van der Waals surface area (Å²) in [5.74, 6) is -11.5. The molecule has 0 aliphatic rings. The van der Waals surface area contributed by atoms with Crippen LogP contribution in [0.25, 0.3) is 0 Å². The van der Waals surface area contributed by atoms with Crippen molar-refractivity contribution in [3.8, 4) is 0 Å². The minimum Gasteiger partial charge on any atom is -0.481 e. The molecule has 0 fully saturated rings. The van der Waals surface area contributed by atoms with E-state index < -0.39 is 109 Å². The van der Waals surface area contributed by atoms with Crippen LogP contribution in [0, 0.1) is 5.92 Å². The van der Waals surface area contributed by atoms with Crippen LogP contribution >= 0.6 is 21.6 Å². The summed E-state index contributed by atoms with van der Waals surface area (Å²) < 4.78 is 4.77. The highest BCUT2D eigenvalue weighted by molar-refractivity contribution is 8.76. The van der Waals surface area contributed by atoms with Crippen molar-refractivity contribution in [2.45, 2.75) is 89.4 Å². The predicted molar refractivity (Wildman–Crippen MR) is 220 cm³/mol.